The van der Waals surface area contributed by atoms with Crippen LogP contribution in [0.25, 0.3) is 10.9 Å². The van der Waals surface area contributed by atoms with E-state index >= 15 is 0 Å². The maximum atomic E-state index is 5.05. The zero-order chi connectivity index (χ0) is 15.6. The molecule has 22 heavy (non-hydrogen) atoms. The molecule has 2 N–H and O–H groups in total. The molecule has 0 fully saturated rings. The van der Waals surface area contributed by atoms with Crippen molar-refractivity contribution in [3.05, 3.63) is 42.1 Å². The van der Waals surface area contributed by atoms with Gasteiger partial charge in [-0.2, -0.15) is 0 Å². The summed E-state index contributed by atoms with van der Waals surface area (Å²) < 4.78 is 5.05. The number of methoxy groups -OCH3 is 1. The summed E-state index contributed by atoms with van der Waals surface area (Å²) in [5.74, 6) is 0.825. The molecule has 1 aromatic heterocycles. The van der Waals surface area contributed by atoms with Crippen LogP contribution >= 0.6 is 0 Å². The largest absolute Gasteiger partial charge is 0.385 e. The standard InChI is InChI=1S/C17H24N4O/c1-3-18-17(20-11-6-12-22-2)21-13-15-8-4-7-14-9-5-10-19-16(14)15/h4-5,7-10H,3,6,11-13H2,1-2H3,(H2,18,20,21). The van der Waals surface area contributed by atoms with Crippen molar-refractivity contribution in [3.63, 3.8) is 0 Å². The molecule has 0 aliphatic carbocycles. The van der Waals surface area contributed by atoms with E-state index in [-0.39, 0.29) is 0 Å². The molecule has 0 unspecified atom stereocenters. The van der Waals surface area contributed by atoms with Gasteiger partial charge in [0.05, 0.1) is 12.1 Å². The Morgan fingerprint density at radius 2 is 2.09 bits per heavy atom. The number of hydrogen-bond donors (Lipinski definition) is 2. The van der Waals surface area contributed by atoms with Gasteiger partial charge in [0.2, 0.25) is 0 Å². The van der Waals surface area contributed by atoms with Gasteiger partial charge in [0, 0.05) is 38.4 Å². The van der Waals surface area contributed by atoms with Gasteiger partial charge < -0.3 is 15.4 Å². The molecule has 2 aromatic rings. The zero-order valence-corrected chi connectivity index (χ0v) is 13.3. The lowest BCUT2D eigenvalue weighted by molar-refractivity contribution is 0.195. The third kappa shape index (κ3) is 4.70. The summed E-state index contributed by atoms with van der Waals surface area (Å²) in [6.45, 7) is 5.09. The van der Waals surface area contributed by atoms with Gasteiger partial charge in [-0.15, -0.1) is 0 Å². The van der Waals surface area contributed by atoms with Gasteiger partial charge in [-0.05, 0) is 25.0 Å². The fraction of sp³-hybridized carbons (Fsp3) is 0.412. The SMILES string of the molecule is CCNC(=NCc1cccc2cccnc12)NCCCOC. The number of fused-ring (bicyclic) bond motifs is 1. The molecule has 0 radical (unpaired) electrons. The Labute approximate surface area is 131 Å². The van der Waals surface area contributed by atoms with Gasteiger partial charge in [-0.25, -0.2) is 4.99 Å². The van der Waals surface area contributed by atoms with E-state index in [1.54, 1.807) is 7.11 Å². The molecule has 0 atom stereocenters. The second kappa shape index (κ2) is 9.00. The van der Waals surface area contributed by atoms with E-state index in [2.05, 4.69) is 45.7 Å². The minimum absolute atomic E-state index is 0.605. The summed E-state index contributed by atoms with van der Waals surface area (Å²) in [5, 5.41) is 7.71. The van der Waals surface area contributed by atoms with E-state index in [0.29, 0.717) is 6.54 Å². The molecule has 0 saturated heterocycles. The van der Waals surface area contributed by atoms with Crippen LogP contribution in [-0.2, 0) is 11.3 Å². The molecule has 0 amide bonds. The molecular formula is C17H24N4O. The molecule has 5 nitrogen and oxygen atoms in total. The summed E-state index contributed by atoms with van der Waals surface area (Å²) in [6.07, 6.45) is 2.78. The number of nitrogens with one attached hydrogen (secondary N) is 2. The van der Waals surface area contributed by atoms with Crippen molar-refractivity contribution in [3.8, 4) is 0 Å². The monoisotopic (exact) mass is 300 g/mol. The Bertz CT molecular complexity index is 607. The van der Waals surface area contributed by atoms with Gasteiger partial charge in [0.15, 0.2) is 5.96 Å². The van der Waals surface area contributed by atoms with Crippen LogP contribution in [0.15, 0.2) is 41.5 Å². The molecule has 5 heteroatoms. The van der Waals surface area contributed by atoms with Crippen LogP contribution in [0, 0.1) is 0 Å². The molecular weight excluding hydrogens is 276 g/mol. The maximum absolute atomic E-state index is 5.05. The lowest BCUT2D eigenvalue weighted by Crippen LogP contribution is -2.38. The number of benzene rings is 1. The summed E-state index contributed by atoms with van der Waals surface area (Å²) in [6, 6.07) is 10.2. The molecule has 0 spiro atoms. The zero-order valence-electron chi connectivity index (χ0n) is 13.3. The minimum atomic E-state index is 0.605. The molecule has 2 rings (SSSR count). The first-order chi connectivity index (χ1) is 10.8. The summed E-state index contributed by atoms with van der Waals surface area (Å²) in [7, 11) is 1.72. The topological polar surface area (TPSA) is 58.5 Å². The Morgan fingerprint density at radius 1 is 1.23 bits per heavy atom. The Balaban J connectivity index is 2.05. The van der Waals surface area contributed by atoms with Crippen LogP contribution in [0.2, 0.25) is 0 Å². The van der Waals surface area contributed by atoms with Gasteiger partial charge >= 0.3 is 0 Å². The fourth-order valence-electron chi connectivity index (χ4n) is 2.22. The number of hydrogen-bond acceptors (Lipinski definition) is 3. The van der Waals surface area contributed by atoms with Crippen molar-refractivity contribution >= 4 is 16.9 Å². The van der Waals surface area contributed by atoms with Crippen molar-refractivity contribution in [1.29, 1.82) is 0 Å². The number of nitrogens with zero attached hydrogens (tertiary/aromatic N) is 2. The quantitative estimate of drug-likeness (QED) is 0.468. The molecule has 0 aliphatic rings. The van der Waals surface area contributed by atoms with Crippen molar-refractivity contribution < 1.29 is 4.74 Å². The molecule has 118 valence electrons. The van der Waals surface area contributed by atoms with E-state index in [1.807, 2.05) is 18.3 Å². The molecule has 1 heterocycles. The van der Waals surface area contributed by atoms with Crippen LogP contribution in [0.3, 0.4) is 0 Å². The van der Waals surface area contributed by atoms with Crippen molar-refractivity contribution in [2.75, 3.05) is 26.8 Å². The smallest absolute Gasteiger partial charge is 0.191 e. The number of aromatic nitrogens is 1. The number of ether oxygens (including phenoxy) is 1. The van der Waals surface area contributed by atoms with E-state index < -0.39 is 0 Å². The highest BCUT2D eigenvalue weighted by atomic mass is 16.5. The van der Waals surface area contributed by atoms with E-state index in [4.69, 9.17) is 4.74 Å². The average molecular weight is 300 g/mol. The van der Waals surface area contributed by atoms with Crippen molar-refractivity contribution in [2.45, 2.75) is 19.9 Å². The number of pyridine rings is 1. The molecule has 0 saturated carbocycles. The van der Waals surface area contributed by atoms with E-state index in [0.717, 1.165) is 48.5 Å². The average Bonchev–Trinajstić information content (AvgIpc) is 2.56. The molecule has 0 aliphatic heterocycles. The third-order valence-corrected chi connectivity index (χ3v) is 3.29. The highest BCUT2D eigenvalue weighted by Crippen LogP contribution is 2.16. The first-order valence-corrected chi connectivity index (χ1v) is 7.69. The van der Waals surface area contributed by atoms with Crippen LogP contribution < -0.4 is 10.6 Å². The second-order valence-electron chi connectivity index (χ2n) is 4.96. The summed E-state index contributed by atoms with van der Waals surface area (Å²) in [4.78, 5) is 9.11. The van der Waals surface area contributed by atoms with Crippen LogP contribution in [0.1, 0.15) is 18.9 Å². The predicted octanol–water partition coefficient (Wildman–Crippen LogP) is 2.33. The lowest BCUT2D eigenvalue weighted by Gasteiger charge is -2.11. The Morgan fingerprint density at radius 3 is 2.91 bits per heavy atom. The Kier molecular flexibility index (Phi) is 6.64. The first-order valence-electron chi connectivity index (χ1n) is 7.69. The van der Waals surface area contributed by atoms with Gasteiger partial charge in [0.1, 0.15) is 0 Å². The second-order valence-corrected chi connectivity index (χ2v) is 4.96. The minimum Gasteiger partial charge on any atom is -0.385 e. The van der Waals surface area contributed by atoms with Crippen LogP contribution in [0.4, 0.5) is 0 Å². The Hall–Kier alpha value is -2.14. The van der Waals surface area contributed by atoms with Crippen molar-refractivity contribution in [1.82, 2.24) is 15.6 Å². The van der Waals surface area contributed by atoms with E-state index in [1.165, 1.54) is 0 Å². The number of guanidine groups is 1. The fourth-order valence-corrected chi connectivity index (χ4v) is 2.22. The highest BCUT2D eigenvalue weighted by Gasteiger charge is 2.02. The number of para-hydroxylation sites is 1. The van der Waals surface area contributed by atoms with Crippen LogP contribution in [0.5, 0.6) is 0 Å². The van der Waals surface area contributed by atoms with E-state index in [9.17, 15) is 0 Å². The first kappa shape index (κ1) is 16.2. The predicted molar refractivity (Wildman–Crippen MR) is 91.1 cm³/mol. The summed E-state index contributed by atoms with van der Waals surface area (Å²) in [5.41, 5.74) is 2.15. The highest BCUT2D eigenvalue weighted by molar-refractivity contribution is 5.83. The number of rotatable bonds is 7. The van der Waals surface area contributed by atoms with Gasteiger partial charge in [-0.1, -0.05) is 24.3 Å². The molecule has 0 bridgehead atoms. The van der Waals surface area contributed by atoms with Gasteiger partial charge in [-0.3, -0.25) is 4.98 Å². The third-order valence-electron chi connectivity index (χ3n) is 3.29. The van der Waals surface area contributed by atoms with Crippen molar-refractivity contribution in [2.24, 2.45) is 4.99 Å². The summed E-state index contributed by atoms with van der Waals surface area (Å²) >= 11 is 0. The maximum Gasteiger partial charge on any atom is 0.191 e. The normalized spacial score (nSPS) is 11.6. The lowest BCUT2D eigenvalue weighted by atomic mass is 10.1. The van der Waals surface area contributed by atoms with Crippen LogP contribution in [-0.4, -0.2) is 37.7 Å². The molecule has 1 aromatic carbocycles. The number of aliphatic imine (C=N–C) groups is 1. The van der Waals surface area contributed by atoms with Gasteiger partial charge in [0.25, 0.3) is 0 Å².